The molecule has 3 rings (SSSR count). The number of carboxylic acid groups (broad SMARTS) is 1. The smallest absolute Gasteiger partial charge is 0.346 e. The molecule has 3 aromatic heterocycles. The van der Waals surface area contributed by atoms with Crippen molar-refractivity contribution in [1.82, 2.24) is 14.6 Å². The second kappa shape index (κ2) is 4.11. The lowest BCUT2D eigenvalue weighted by Gasteiger charge is -2.02. The number of aromatic carboxylic acids is 1. The van der Waals surface area contributed by atoms with Gasteiger partial charge in [-0.25, -0.2) is 14.3 Å². The average molecular weight is 261 g/mol. The molecule has 6 nitrogen and oxygen atoms in total. The fraction of sp³-hybridized carbons (Fsp3) is 0. The Labute approximate surface area is 105 Å². The van der Waals surface area contributed by atoms with E-state index >= 15 is 0 Å². The van der Waals surface area contributed by atoms with Gasteiger partial charge in [0.2, 0.25) is 5.88 Å². The SMILES string of the molecule is O=C(O)c1cc(Oc2nccn3nccc23)cs1. The third-order valence-corrected chi connectivity index (χ3v) is 3.19. The van der Waals surface area contributed by atoms with Gasteiger partial charge in [0, 0.05) is 23.8 Å². The highest BCUT2D eigenvalue weighted by Crippen LogP contribution is 2.27. The monoisotopic (exact) mass is 261 g/mol. The highest BCUT2D eigenvalue weighted by Gasteiger charge is 2.10. The molecule has 90 valence electrons. The minimum absolute atomic E-state index is 0.227. The van der Waals surface area contributed by atoms with Crippen molar-refractivity contribution in [1.29, 1.82) is 0 Å². The van der Waals surface area contributed by atoms with Crippen LogP contribution in [0.2, 0.25) is 0 Å². The molecular weight excluding hydrogens is 254 g/mol. The van der Waals surface area contributed by atoms with Crippen molar-refractivity contribution in [2.45, 2.75) is 0 Å². The summed E-state index contributed by atoms with van der Waals surface area (Å²) in [6.45, 7) is 0. The molecule has 0 unspecified atom stereocenters. The number of fused-ring (bicyclic) bond motifs is 1. The Balaban J connectivity index is 1.96. The van der Waals surface area contributed by atoms with E-state index in [2.05, 4.69) is 10.1 Å². The summed E-state index contributed by atoms with van der Waals surface area (Å²) in [5.74, 6) is -0.116. The summed E-state index contributed by atoms with van der Waals surface area (Å²) in [5, 5.41) is 14.5. The van der Waals surface area contributed by atoms with Gasteiger partial charge in [-0.1, -0.05) is 0 Å². The van der Waals surface area contributed by atoms with Gasteiger partial charge in [-0.05, 0) is 6.07 Å². The molecule has 3 aromatic rings. The first kappa shape index (κ1) is 10.7. The third kappa shape index (κ3) is 1.80. The zero-order valence-corrected chi connectivity index (χ0v) is 9.79. The van der Waals surface area contributed by atoms with Crippen molar-refractivity contribution >= 4 is 22.8 Å². The number of rotatable bonds is 3. The van der Waals surface area contributed by atoms with Crippen LogP contribution < -0.4 is 4.74 Å². The summed E-state index contributed by atoms with van der Waals surface area (Å²) < 4.78 is 7.19. The zero-order chi connectivity index (χ0) is 12.5. The second-order valence-electron chi connectivity index (χ2n) is 3.45. The van der Waals surface area contributed by atoms with Gasteiger partial charge in [-0.2, -0.15) is 5.10 Å². The van der Waals surface area contributed by atoms with E-state index in [1.165, 1.54) is 6.07 Å². The molecule has 0 saturated carbocycles. The van der Waals surface area contributed by atoms with Crippen molar-refractivity contribution in [3.8, 4) is 11.6 Å². The van der Waals surface area contributed by atoms with Gasteiger partial charge in [0.25, 0.3) is 0 Å². The van der Waals surface area contributed by atoms with Crippen LogP contribution in [0.5, 0.6) is 11.6 Å². The summed E-state index contributed by atoms with van der Waals surface area (Å²) in [5.41, 5.74) is 0.723. The molecule has 0 fully saturated rings. The van der Waals surface area contributed by atoms with E-state index in [0.717, 1.165) is 16.9 Å². The van der Waals surface area contributed by atoms with Gasteiger partial charge in [0.05, 0.1) is 6.20 Å². The molecule has 18 heavy (non-hydrogen) atoms. The van der Waals surface area contributed by atoms with Crippen LogP contribution in [0.1, 0.15) is 9.67 Å². The number of nitrogens with zero attached hydrogens (tertiary/aromatic N) is 3. The average Bonchev–Trinajstić information content (AvgIpc) is 2.97. The number of carboxylic acids is 1. The fourth-order valence-corrected chi connectivity index (χ4v) is 2.15. The van der Waals surface area contributed by atoms with Gasteiger partial charge >= 0.3 is 5.97 Å². The molecular formula is C11H7N3O3S. The zero-order valence-electron chi connectivity index (χ0n) is 8.98. The van der Waals surface area contributed by atoms with E-state index in [1.807, 2.05) is 0 Å². The Morgan fingerprint density at radius 1 is 1.44 bits per heavy atom. The Bertz CT molecular complexity index is 719. The maximum Gasteiger partial charge on any atom is 0.346 e. The molecule has 3 heterocycles. The molecule has 0 amide bonds. The van der Waals surface area contributed by atoms with Crippen molar-refractivity contribution in [2.75, 3.05) is 0 Å². The number of hydrogen-bond acceptors (Lipinski definition) is 5. The fourth-order valence-electron chi connectivity index (χ4n) is 1.51. The molecule has 1 N–H and O–H groups in total. The van der Waals surface area contributed by atoms with Gasteiger partial charge in [0.1, 0.15) is 16.1 Å². The van der Waals surface area contributed by atoms with Crippen LogP contribution in [0.15, 0.2) is 36.1 Å². The number of aromatic nitrogens is 3. The predicted octanol–water partition coefficient (Wildman–Crippen LogP) is 2.28. The molecule has 0 atom stereocenters. The summed E-state index contributed by atoms with van der Waals surface area (Å²) in [6.07, 6.45) is 4.92. The number of carbonyl (C=O) groups is 1. The van der Waals surface area contributed by atoms with Crippen LogP contribution >= 0.6 is 11.3 Å². The van der Waals surface area contributed by atoms with Gasteiger partial charge < -0.3 is 9.84 Å². The topological polar surface area (TPSA) is 76.7 Å². The molecule has 0 aliphatic carbocycles. The van der Waals surface area contributed by atoms with Crippen LogP contribution in [0.3, 0.4) is 0 Å². The van der Waals surface area contributed by atoms with E-state index in [9.17, 15) is 4.79 Å². The minimum Gasteiger partial charge on any atom is -0.477 e. The lowest BCUT2D eigenvalue weighted by atomic mass is 10.4. The Morgan fingerprint density at radius 3 is 3.11 bits per heavy atom. The first-order chi connectivity index (χ1) is 8.74. The van der Waals surface area contributed by atoms with E-state index in [0.29, 0.717) is 11.6 Å². The summed E-state index contributed by atoms with van der Waals surface area (Å²) in [4.78, 5) is 15.1. The largest absolute Gasteiger partial charge is 0.477 e. The summed E-state index contributed by atoms with van der Waals surface area (Å²) in [6, 6.07) is 3.24. The van der Waals surface area contributed by atoms with Crippen LogP contribution in [-0.4, -0.2) is 25.7 Å². The van der Waals surface area contributed by atoms with Gasteiger partial charge in [0.15, 0.2) is 0 Å². The standard InChI is InChI=1S/C11H7N3O3S/c15-11(16)9-5-7(6-18-9)17-10-8-1-2-13-14(8)4-3-12-10/h1-6H,(H,15,16). The van der Waals surface area contributed by atoms with Gasteiger partial charge in [-0.3, -0.25) is 0 Å². The Morgan fingerprint density at radius 2 is 2.33 bits per heavy atom. The maximum atomic E-state index is 10.8. The predicted molar refractivity (Wildman–Crippen MR) is 64.3 cm³/mol. The van der Waals surface area contributed by atoms with Crippen molar-refractivity contribution in [3.05, 3.63) is 41.0 Å². The molecule has 7 heteroatoms. The molecule has 0 saturated heterocycles. The van der Waals surface area contributed by atoms with Crippen LogP contribution in [-0.2, 0) is 0 Å². The number of ether oxygens (including phenoxy) is 1. The molecule has 0 bridgehead atoms. The van der Waals surface area contributed by atoms with Crippen LogP contribution in [0.25, 0.3) is 5.52 Å². The number of thiophene rings is 1. The van der Waals surface area contributed by atoms with Crippen LogP contribution in [0, 0.1) is 0 Å². The Hall–Kier alpha value is -2.41. The molecule has 0 radical (unpaired) electrons. The first-order valence-electron chi connectivity index (χ1n) is 5.02. The molecule has 0 spiro atoms. The van der Waals surface area contributed by atoms with E-state index in [-0.39, 0.29) is 4.88 Å². The normalized spacial score (nSPS) is 10.7. The van der Waals surface area contributed by atoms with Crippen LogP contribution in [0.4, 0.5) is 0 Å². The second-order valence-corrected chi connectivity index (χ2v) is 4.36. The first-order valence-corrected chi connectivity index (χ1v) is 5.90. The number of hydrogen-bond donors (Lipinski definition) is 1. The van der Waals surface area contributed by atoms with Crippen molar-refractivity contribution in [2.24, 2.45) is 0 Å². The quantitative estimate of drug-likeness (QED) is 0.782. The van der Waals surface area contributed by atoms with Gasteiger partial charge in [-0.15, -0.1) is 11.3 Å². The Kier molecular flexibility index (Phi) is 2.45. The lowest BCUT2D eigenvalue weighted by Crippen LogP contribution is -1.93. The van der Waals surface area contributed by atoms with E-state index < -0.39 is 5.97 Å². The molecule has 0 aromatic carbocycles. The molecule has 0 aliphatic heterocycles. The summed E-state index contributed by atoms with van der Waals surface area (Å²) in [7, 11) is 0. The third-order valence-electron chi connectivity index (χ3n) is 2.29. The maximum absolute atomic E-state index is 10.8. The lowest BCUT2D eigenvalue weighted by molar-refractivity contribution is 0.0702. The summed E-state index contributed by atoms with van der Waals surface area (Å²) >= 11 is 1.11. The highest BCUT2D eigenvalue weighted by molar-refractivity contribution is 7.12. The minimum atomic E-state index is -0.967. The van der Waals surface area contributed by atoms with Crippen molar-refractivity contribution < 1.29 is 14.6 Å². The van der Waals surface area contributed by atoms with E-state index in [4.69, 9.17) is 9.84 Å². The highest BCUT2D eigenvalue weighted by atomic mass is 32.1. The van der Waals surface area contributed by atoms with Crippen molar-refractivity contribution in [3.63, 3.8) is 0 Å². The molecule has 0 aliphatic rings. The van der Waals surface area contributed by atoms with E-state index in [1.54, 1.807) is 34.6 Å².